The molecule has 0 radical (unpaired) electrons. The molecule has 1 amide bonds. The summed E-state index contributed by atoms with van der Waals surface area (Å²) < 4.78 is 0. The lowest BCUT2D eigenvalue weighted by atomic mass is 10.3. The van der Waals surface area contributed by atoms with Gasteiger partial charge < -0.3 is 9.80 Å². The van der Waals surface area contributed by atoms with Crippen molar-refractivity contribution in [2.75, 3.05) is 33.7 Å². The van der Waals surface area contributed by atoms with Gasteiger partial charge >= 0.3 is 0 Å². The monoisotopic (exact) mass is 232 g/mol. The summed E-state index contributed by atoms with van der Waals surface area (Å²) in [5.74, 6) is 0.287. The van der Waals surface area contributed by atoms with Crippen LogP contribution in [0.2, 0.25) is 0 Å². The van der Waals surface area contributed by atoms with Crippen LogP contribution in [0, 0.1) is 0 Å². The lowest BCUT2D eigenvalue weighted by Gasteiger charge is -2.21. The molecule has 3 heteroatoms. The van der Waals surface area contributed by atoms with Crippen molar-refractivity contribution in [3.63, 3.8) is 0 Å². The van der Waals surface area contributed by atoms with Gasteiger partial charge in [0.25, 0.3) is 0 Å². The number of amides is 1. The minimum atomic E-state index is 0. The van der Waals surface area contributed by atoms with Crippen molar-refractivity contribution in [2.45, 2.75) is 48.0 Å². The van der Waals surface area contributed by atoms with E-state index < -0.39 is 0 Å². The molecule has 0 unspecified atom stereocenters. The molecule has 0 saturated carbocycles. The van der Waals surface area contributed by atoms with Crippen molar-refractivity contribution in [1.29, 1.82) is 0 Å². The van der Waals surface area contributed by atoms with E-state index in [0.29, 0.717) is 6.42 Å². The van der Waals surface area contributed by atoms with Gasteiger partial charge in [-0.05, 0) is 27.4 Å². The van der Waals surface area contributed by atoms with Crippen molar-refractivity contribution in [3.8, 4) is 0 Å². The first-order chi connectivity index (χ1) is 6.61. The van der Waals surface area contributed by atoms with E-state index in [9.17, 15) is 4.79 Å². The van der Waals surface area contributed by atoms with Gasteiger partial charge in [-0.2, -0.15) is 0 Å². The quantitative estimate of drug-likeness (QED) is 0.674. The van der Waals surface area contributed by atoms with Gasteiger partial charge in [0.1, 0.15) is 0 Å². The number of nitrogens with zero attached hydrogens (tertiary/aromatic N) is 2. The van der Waals surface area contributed by atoms with Crippen LogP contribution in [-0.2, 0) is 4.79 Å². The Balaban J connectivity index is -0.000000845. The number of hydrogen-bond donors (Lipinski definition) is 0. The smallest absolute Gasteiger partial charge is 0.223 e. The molecule has 0 aromatic rings. The first-order valence-electron chi connectivity index (χ1n) is 5.54. The zero-order valence-electron chi connectivity index (χ0n) is 10.0. The number of carbonyl (C=O) groups excluding carboxylic acids is 1. The Bertz CT molecular complexity index is 158. The summed E-state index contributed by atoms with van der Waals surface area (Å²) >= 11 is 0. The second kappa shape index (κ2) is 12.5. The summed E-state index contributed by atoms with van der Waals surface area (Å²) in [5, 5.41) is 0. The average Bonchev–Trinajstić information content (AvgIpc) is 2.16. The Morgan fingerprint density at radius 2 is 1.62 bits per heavy atom. The normalized spacial score (nSPS) is 9.31. The SMILES string of the molecule is C.C.CCCCN(CC)C(=O)CCN(C)C. The molecule has 0 aromatic carbocycles. The van der Waals surface area contributed by atoms with Crippen LogP contribution in [0.25, 0.3) is 0 Å². The summed E-state index contributed by atoms with van der Waals surface area (Å²) in [7, 11) is 3.99. The molecule has 0 saturated heterocycles. The zero-order valence-corrected chi connectivity index (χ0v) is 10.0. The van der Waals surface area contributed by atoms with Crippen LogP contribution in [0.15, 0.2) is 0 Å². The fourth-order valence-corrected chi connectivity index (χ4v) is 1.29. The maximum absolute atomic E-state index is 11.7. The second-order valence-corrected chi connectivity index (χ2v) is 3.88. The number of rotatable bonds is 7. The summed E-state index contributed by atoms with van der Waals surface area (Å²) in [6, 6.07) is 0. The van der Waals surface area contributed by atoms with Crippen molar-refractivity contribution in [3.05, 3.63) is 0 Å². The fraction of sp³-hybridized carbons (Fsp3) is 0.923. The molecule has 0 heterocycles. The van der Waals surface area contributed by atoms with Crippen molar-refractivity contribution in [2.24, 2.45) is 0 Å². The van der Waals surface area contributed by atoms with Gasteiger partial charge in [-0.15, -0.1) is 0 Å². The third-order valence-electron chi connectivity index (χ3n) is 2.29. The van der Waals surface area contributed by atoms with E-state index in [4.69, 9.17) is 0 Å². The van der Waals surface area contributed by atoms with E-state index in [2.05, 4.69) is 6.92 Å². The van der Waals surface area contributed by atoms with E-state index in [1.54, 1.807) is 0 Å². The van der Waals surface area contributed by atoms with Gasteiger partial charge in [0.05, 0.1) is 0 Å². The van der Waals surface area contributed by atoms with Crippen LogP contribution >= 0.6 is 0 Å². The minimum absolute atomic E-state index is 0. The number of unbranched alkanes of at least 4 members (excludes halogenated alkanes) is 1. The molecule has 100 valence electrons. The predicted molar refractivity (Wildman–Crippen MR) is 73.8 cm³/mol. The standard InChI is InChI=1S/C11H24N2O.2CH4/c1-5-7-9-13(6-2)11(14)8-10-12(3)4;;/h5-10H2,1-4H3;2*1H4. The summed E-state index contributed by atoms with van der Waals surface area (Å²) in [4.78, 5) is 15.7. The van der Waals surface area contributed by atoms with Crippen LogP contribution in [0.3, 0.4) is 0 Å². The van der Waals surface area contributed by atoms with Crippen LogP contribution in [0.5, 0.6) is 0 Å². The minimum Gasteiger partial charge on any atom is -0.343 e. The fourth-order valence-electron chi connectivity index (χ4n) is 1.29. The van der Waals surface area contributed by atoms with E-state index in [0.717, 1.165) is 32.5 Å². The largest absolute Gasteiger partial charge is 0.343 e. The molecule has 16 heavy (non-hydrogen) atoms. The van der Waals surface area contributed by atoms with Crippen molar-refractivity contribution >= 4 is 5.91 Å². The van der Waals surface area contributed by atoms with Crippen LogP contribution in [0.1, 0.15) is 48.0 Å². The molecule has 0 N–H and O–H groups in total. The van der Waals surface area contributed by atoms with Gasteiger partial charge in [-0.1, -0.05) is 28.2 Å². The summed E-state index contributed by atoms with van der Waals surface area (Å²) in [6.45, 7) is 6.80. The average molecular weight is 232 g/mol. The van der Waals surface area contributed by atoms with Gasteiger partial charge in [0.15, 0.2) is 0 Å². The number of carbonyl (C=O) groups is 1. The maximum Gasteiger partial charge on any atom is 0.223 e. The highest BCUT2D eigenvalue weighted by atomic mass is 16.2. The third-order valence-corrected chi connectivity index (χ3v) is 2.29. The van der Waals surface area contributed by atoms with E-state index in [1.165, 1.54) is 0 Å². The van der Waals surface area contributed by atoms with E-state index >= 15 is 0 Å². The van der Waals surface area contributed by atoms with Crippen molar-refractivity contribution < 1.29 is 4.79 Å². The highest BCUT2D eigenvalue weighted by molar-refractivity contribution is 5.76. The van der Waals surface area contributed by atoms with Gasteiger partial charge in [0.2, 0.25) is 5.91 Å². The van der Waals surface area contributed by atoms with E-state index in [-0.39, 0.29) is 20.8 Å². The lowest BCUT2D eigenvalue weighted by molar-refractivity contribution is -0.131. The van der Waals surface area contributed by atoms with E-state index in [1.807, 2.05) is 30.8 Å². The molecule has 0 aliphatic carbocycles. The van der Waals surface area contributed by atoms with Crippen molar-refractivity contribution in [1.82, 2.24) is 9.80 Å². The first-order valence-corrected chi connectivity index (χ1v) is 5.54. The highest BCUT2D eigenvalue weighted by Gasteiger charge is 2.10. The second-order valence-electron chi connectivity index (χ2n) is 3.88. The summed E-state index contributed by atoms with van der Waals surface area (Å²) in [6.07, 6.45) is 2.91. The molecular weight excluding hydrogens is 200 g/mol. The Morgan fingerprint density at radius 1 is 1.06 bits per heavy atom. The Hall–Kier alpha value is -0.570. The lowest BCUT2D eigenvalue weighted by Crippen LogP contribution is -2.33. The molecule has 0 bridgehead atoms. The van der Waals surface area contributed by atoms with Gasteiger partial charge in [0, 0.05) is 26.1 Å². The first kappa shape index (κ1) is 20.8. The van der Waals surface area contributed by atoms with Crippen LogP contribution in [-0.4, -0.2) is 49.4 Å². The Morgan fingerprint density at radius 3 is 2.00 bits per heavy atom. The zero-order chi connectivity index (χ0) is 11.0. The molecular formula is C13H32N2O. The molecule has 0 aliphatic rings. The molecule has 0 fully saturated rings. The number of hydrogen-bond acceptors (Lipinski definition) is 2. The molecule has 0 aliphatic heterocycles. The molecule has 0 spiro atoms. The van der Waals surface area contributed by atoms with Crippen LogP contribution < -0.4 is 0 Å². The predicted octanol–water partition coefficient (Wildman–Crippen LogP) is 2.86. The molecule has 0 aromatic heterocycles. The Labute approximate surface area is 103 Å². The maximum atomic E-state index is 11.7. The topological polar surface area (TPSA) is 23.6 Å². The van der Waals surface area contributed by atoms with Crippen LogP contribution in [0.4, 0.5) is 0 Å². The molecule has 0 rings (SSSR count). The molecule has 3 nitrogen and oxygen atoms in total. The Kier molecular flexibility index (Phi) is 16.2. The third kappa shape index (κ3) is 9.97. The molecule has 0 atom stereocenters. The highest BCUT2D eigenvalue weighted by Crippen LogP contribution is 1.98. The van der Waals surface area contributed by atoms with Gasteiger partial charge in [-0.3, -0.25) is 4.79 Å². The summed E-state index contributed by atoms with van der Waals surface area (Å²) in [5.41, 5.74) is 0. The van der Waals surface area contributed by atoms with Gasteiger partial charge in [-0.25, -0.2) is 0 Å².